The van der Waals surface area contributed by atoms with Crippen molar-refractivity contribution >= 4 is 27.5 Å². The molecule has 1 saturated heterocycles. The molecular formula is C54H94N2O9S2. The highest BCUT2D eigenvalue weighted by Crippen LogP contribution is 2.31. The number of hydrogen-bond acceptors (Lipinski definition) is 10. The van der Waals surface area contributed by atoms with Crippen LogP contribution < -0.4 is 19.9 Å². The molecule has 1 aliphatic rings. The lowest BCUT2D eigenvalue weighted by molar-refractivity contribution is 0.198. The van der Waals surface area contributed by atoms with Crippen molar-refractivity contribution in [3.63, 3.8) is 0 Å². The summed E-state index contributed by atoms with van der Waals surface area (Å²) in [5, 5.41) is 29.2. The second-order valence-electron chi connectivity index (χ2n) is 19.7. The quantitative estimate of drug-likeness (QED) is 0.0900. The molecule has 4 rings (SSSR count). The summed E-state index contributed by atoms with van der Waals surface area (Å²) < 4.78 is 49.5. The van der Waals surface area contributed by atoms with Crippen molar-refractivity contribution in [1.82, 2.24) is 0 Å². The smallest absolute Gasteiger partial charge is 0.161 e. The standard InChI is InChI=1S/C18H30O3S.C17H27NO3S.C13H21NO2.C4H8O.2CH4/c1-13(2)21-17-11-15(9-10-16(17)19)8-7-14(3)12-22(20)18(4,5)6;1-12(2)21-16-11-14(9-10-15(16)19)8-7-13(3)18-22(20)17(4,5)6;1-9(2)16-13-8-11(5-4-10(3)14)6-7-12(13)15;1-2-4-5-3-1;;/h9-11,13-14,19H,7-8,12H2,1-6H3;9-12,19H,7-8H2,1-6H3;6-10,15H,4-5,14H2,1-3H3;1-4H2;2*1H4/t14-,22+;22-;10-;;;/m111.../s1. The first-order valence-corrected chi connectivity index (χ1v) is 25.7. The Balaban J connectivity index is 0. The van der Waals surface area contributed by atoms with Gasteiger partial charge in [0.1, 0.15) is 11.0 Å². The van der Waals surface area contributed by atoms with Gasteiger partial charge in [-0.3, -0.25) is 4.21 Å². The van der Waals surface area contributed by atoms with Crippen LogP contribution in [0.3, 0.4) is 0 Å². The highest BCUT2D eigenvalue weighted by molar-refractivity contribution is 7.86. The average molecular weight is 979 g/mol. The van der Waals surface area contributed by atoms with E-state index in [0.717, 1.165) is 79.9 Å². The van der Waals surface area contributed by atoms with Gasteiger partial charge in [0.2, 0.25) is 0 Å². The molecule has 13 heteroatoms. The number of aryl methyl sites for hydroxylation is 3. The lowest BCUT2D eigenvalue weighted by Crippen LogP contribution is -2.26. The Labute approximate surface area is 413 Å². The van der Waals surface area contributed by atoms with Gasteiger partial charge in [0, 0.05) is 46.3 Å². The molecule has 4 atom stereocenters. The lowest BCUT2D eigenvalue weighted by atomic mass is 10.0. The molecule has 0 radical (unpaired) electrons. The third-order valence-electron chi connectivity index (χ3n) is 9.46. The van der Waals surface area contributed by atoms with Gasteiger partial charge in [0.25, 0.3) is 0 Å². The van der Waals surface area contributed by atoms with E-state index in [1.165, 1.54) is 12.8 Å². The van der Waals surface area contributed by atoms with Gasteiger partial charge in [-0.25, -0.2) is 4.21 Å². The molecule has 67 heavy (non-hydrogen) atoms. The predicted octanol–water partition coefficient (Wildman–Crippen LogP) is 12.9. The summed E-state index contributed by atoms with van der Waals surface area (Å²) >= 11 is 0. The Hall–Kier alpha value is -3.65. The summed E-state index contributed by atoms with van der Waals surface area (Å²) in [5.41, 5.74) is 9.92. The van der Waals surface area contributed by atoms with Gasteiger partial charge in [-0.15, -0.1) is 0 Å². The number of rotatable bonds is 18. The third-order valence-corrected chi connectivity index (χ3v) is 13.2. The van der Waals surface area contributed by atoms with Crippen molar-refractivity contribution in [2.24, 2.45) is 16.0 Å². The summed E-state index contributed by atoms with van der Waals surface area (Å²) in [7, 11) is -2.02. The molecule has 0 spiro atoms. The monoisotopic (exact) mass is 979 g/mol. The average Bonchev–Trinajstić information content (AvgIpc) is 3.79. The van der Waals surface area contributed by atoms with Crippen LogP contribution in [0.4, 0.5) is 0 Å². The Morgan fingerprint density at radius 1 is 0.642 bits per heavy atom. The Bertz CT molecular complexity index is 1890. The fraction of sp³-hybridized carbons (Fsp3) is 0.648. The van der Waals surface area contributed by atoms with Crippen LogP contribution in [0.15, 0.2) is 59.0 Å². The van der Waals surface area contributed by atoms with Gasteiger partial charge in [0.15, 0.2) is 34.5 Å². The normalized spacial score (nSPS) is 14.4. The molecule has 0 aliphatic carbocycles. The van der Waals surface area contributed by atoms with Crippen molar-refractivity contribution in [2.45, 2.75) is 204 Å². The van der Waals surface area contributed by atoms with Crippen LogP contribution in [0.25, 0.3) is 0 Å². The van der Waals surface area contributed by atoms with E-state index in [1.807, 2.05) is 133 Å². The van der Waals surface area contributed by atoms with E-state index in [4.69, 9.17) is 24.7 Å². The number of benzene rings is 3. The maximum atomic E-state index is 12.2. The number of ether oxygens (including phenoxy) is 4. The van der Waals surface area contributed by atoms with E-state index in [2.05, 4.69) is 11.3 Å². The minimum absolute atomic E-state index is 0. The SMILES string of the molecule is C.C.C1CCOC1.CC(C)Oc1cc(CC[C@@H](C)C[S@](=O)C(C)(C)C)ccc1O.CC(C)Oc1cc(CC[C@@H](C)N)ccc1O.CC(CCc1ccc(O)c(OC(C)C)c1)=N[S@](=O)C(C)(C)C. The van der Waals surface area contributed by atoms with Crippen LogP contribution in [0.1, 0.15) is 168 Å². The number of nitrogens with zero attached hydrogens (tertiary/aromatic N) is 1. The summed E-state index contributed by atoms with van der Waals surface area (Å²) in [6.07, 6.45) is 7.89. The molecule has 0 bridgehead atoms. The van der Waals surface area contributed by atoms with Crippen LogP contribution in [0, 0.1) is 5.92 Å². The Morgan fingerprint density at radius 2 is 1.01 bits per heavy atom. The third kappa shape index (κ3) is 29.8. The minimum Gasteiger partial charge on any atom is -0.504 e. The highest BCUT2D eigenvalue weighted by atomic mass is 32.2. The molecule has 386 valence electrons. The molecule has 0 aromatic heterocycles. The molecule has 11 nitrogen and oxygen atoms in total. The maximum Gasteiger partial charge on any atom is 0.161 e. The molecule has 0 unspecified atom stereocenters. The maximum absolute atomic E-state index is 12.2. The summed E-state index contributed by atoms with van der Waals surface area (Å²) in [6, 6.07) is 16.6. The van der Waals surface area contributed by atoms with Crippen molar-refractivity contribution < 1.29 is 42.7 Å². The van der Waals surface area contributed by atoms with Gasteiger partial charge in [0.05, 0.1) is 23.1 Å². The van der Waals surface area contributed by atoms with Crippen LogP contribution in [0.2, 0.25) is 0 Å². The number of nitrogens with two attached hydrogens (primary N) is 1. The Morgan fingerprint density at radius 3 is 1.33 bits per heavy atom. The van der Waals surface area contributed by atoms with Crippen LogP contribution in [-0.4, -0.2) is 82.3 Å². The number of aromatic hydroxyl groups is 3. The van der Waals surface area contributed by atoms with E-state index in [9.17, 15) is 23.7 Å². The molecular weight excluding hydrogens is 885 g/mol. The van der Waals surface area contributed by atoms with Crippen LogP contribution in [0.5, 0.6) is 34.5 Å². The second-order valence-corrected chi connectivity index (χ2v) is 23.9. The molecule has 1 aliphatic heterocycles. The summed E-state index contributed by atoms with van der Waals surface area (Å²) in [4.78, 5) is 0. The minimum atomic E-state index is -1.22. The fourth-order valence-electron chi connectivity index (χ4n) is 5.75. The zero-order valence-corrected chi connectivity index (χ0v) is 44.1. The van der Waals surface area contributed by atoms with Gasteiger partial charge in [-0.1, -0.05) is 40.0 Å². The number of hydrogen-bond donors (Lipinski definition) is 4. The van der Waals surface area contributed by atoms with Gasteiger partial charge in [-0.2, -0.15) is 4.40 Å². The lowest BCUT2D eigenvalue weighted by Gasteiger charge is -2.21. The molecule has 5 N–H and O–H groups in total. The molecule has 0 saturated carbocycles. The second kappa shape index (κ2) is 33.0. The summed E-state index contributed by atoms with van der Waals surface area (Å²) in [5.74, 6) is 3.25. The molecule has 1 heterocycles. The first-order chi connectivity index (χ1) is 30.2. The van der Waals surface area contributed by atoms with Crippen molar-refractivity contribution in [3.8, 4) is 34.5 Å². The zero-order valence-electron chi connectivity index (χ0n) is 42.5. The van der Waals surface area contributed by atoms with Crippen LogP contribution in [-0.2, 0) is 45.8 Å². The zero-order chi connectivity index (χ0) is 49.5. The fourth-order valence-corrected chi connectivity index (χ4v) is 7.58. The van der Waals surface area contributed by atoms with E-state index in [0.29, 0.717) is 23.2 Å². The first kappa shape index (κ1) is 65.4. The van der Waals surface area contributed by atoms with E-state index < -0.39 is 21.8 Å². The van der Waals surface area contributed by atoms with E-state index in [-0.39, 0.29) is 65.9 Å². The Kier molecular flexibility index (Phi) is 32.2. The van der Waals surface area contributed by atoms with Gasteiger partial charge >= 0.3 is 0 Å². The topological polar surface area (TPSA) is 170 Å². The van der Waals surface area contributed by atoms with Crippen molar-refractivity contribution in [3.05, 3.63) is 71.3 Å². The van der Waals surface area contributed by atoms with E-state index >= 15 is 0 Å². The summed E-state index contributed by atoms with van der Waals surface area (Å²) in [6.45, 7) is 31.4. The van der Waals surface area contributed by atoms with Gasteiger partial charge < -0.3 is 40.0 Å². The molecule has 0 amide bonds. The molecule has 3 aromatic rings. The number of phenols is 3. The molecule has 1 fully saturated rings. The first-order valence-electron chi connectivity index (χ1n) is 23.3. The van der Waals surface area contributed by atoms with E-state index in [1.54, 1.807) is 18.2 Å². The van der Waals surface area contributed by atoms with Crippen molar-refractivity contribution in [1.29, 1.82) is 0 Å². The van der Waals surface area contributed by atoms with Crippen LogP contribution >= 0.6 is 0 Å². The highest BCUT2D eigenvalue weighted by Gasteiger charge is 2.22. The van der Waals surface area contributed by atoms with Crippen molar-refractivity contribution in [2.75, 3.05) is 19.0 Å². The number of phenolic OH excluding ortho intramolecular Hbond substituents is 3. The van der Waals surface area contributed by atoms with Gasteiger partial charge in [-0.05, 0) is 207 Å². The predicted molar refractivity (Wildman–Crippen MR) is 287 cm³/mol. The largest absolute Gasteiger partial charge is 0.504 e. The molecule has 3 aromatic carbocycles.